The van der Waals surface area contributed by atoms with Crippen molar-refractivity contribution < 1.29 is 14.6 Å². The van der Waals surface area contributed by atoms with E-state index in [9.17, 15) is 5.11 Å². The van der Waals surface area contributed by atoms with Gasteiger partial charge in [0.15, 0.2) is 11.5 Å². The molecule has 2 rings (SSSR count). The van der Waals surface area contributed by atoms with Crippen molar-refractivity contribution in [1.29, 1.82) is 0 Å². The molecule has 1 unspecified atom stereocenters. The van der Waals surface area contributed by atoms with Crippen LogP contribution < -0.4 is 9.47 Å². The Morgan fingerprint density at radius 3 is 2.47 bits per heavy atom. The van der Waals surface area contributed by atoms with Crippen LogP contribution in [0.1, 0.15) is 50.3 Å². The molecule has 0 aliphatic carbocycles. The standard InChI is InChI=1S/C14H20O3/c1-9(2)13-11(10(3)15)5-6-12-14(13)17-8-4-7-16-12/h5-6,9-10,15H,4,7-8H2,1-3H3. The molecular formula is C14H20O3. The Bertz CT molecular complexity index is 397. The Balaban J connectivity index is 2.55. The number of benzene rings is 1. The highest BCUT2D eigenvalue weighted by molar-refractivity contribution is 5.53. The van der Waals surface area contributed by atoms with Crippen molar-refractivity contribution in [3.8, 4) is 11.5 Å². The number of aliphatic hydroxyl groups excluding tert-OH is 1. The predicted molar refractivity (Wildman–Crippen MR) is 66.8 cm³/mol. The molecule has 1 aliphatic rings. The number of fused-ring (bicyclic) bond motifs is 1. The van der Waals surface area contributed by atoms with E-state index in [0.29, 0.717) is 19.1 Å². The summed E-state index contributed by atoms with van der Waals surface area (Å²) in [5, 5.41) is 9.83. The molecule has 1 N–H and O–H groups in total. The van der Waals surface area contributed by atoms with Crippen molar-refractivity contribution >= 4 is 0 Å². The van der Waals surface area contributed by atoms with Crippen LogP contribution in [0.25, 0.3) is 0 Å². The van der Waals surface area contributed by atoms with Gasteiger partial charge in [0.25, 0.3) is 0 Å². The number of aliphatic hydroxyl groups is 1. The third-order valence-electron chi connectivity index (χ3n) is 3.01. The first-order valence-corrected chi connectivity index (χ1v) is 6.21. The largest absolute Gasteiger partial charge is 0.490 e. The minimum absolute atomic E-state index is 0.302. The normalized spacial score (nSPS) is 16.8. The van der Waals surface area contributed by atoms with Crippen LogP contribution in [0.5, 0.6) is 11.5 Å². The van der Waals surface area contributed by atoms with Gasteiger partial charge in [0.2, 0.25) is 0 Å². The minimum atomic E-state index is -0.482. The summed E-state index contributed by atoms with van der Waals surface area (Å²) in [7, 11) is 0. The lowest BCUT2D eigenvalue weighted by Crippen LogP contribution is -2.05. The third kappa shape index (κ3) is 2.39. The molecular weight excluding hydrogens is 216 g/mol. The molecule has 1 aliphatic heterocycles. The lowest BCUT2D eigenvalue weighted by atomic mass is 9.93. The van der Waals surface area contributed by atoms with Crippen LogP contribution in [0.3, 0.4) is 0 Å². The molecule has 1 aromatic carbocycles. The Kier molecular flexibility index (Phi) is 3.57. The maximum absolute atomic E-state index is 9.83. The number of ether oxygens (including phenoxy) is 2. The summed E-state index contributed by atoms with van der Waals surface area (Å²) in [6.07, 6.45) is 0.417. The summed E-state index contributed by atoms with van der Waals surface area (Å²) in [6.45, 7) is 7.37. The molecule has 3 nitrogen and oxygen atoms in total. The van der Waals surface area contributed by atoms with Crippen LogP contribution in [-0.4, -0.2) is 18.3 Å². The van der Waals surface area contributed by atoms with Crippen LogP contribution in [-0.2, 0) is 0 Å². The van der Waals surface area contributed by atoms with E-state index >= 15 is 0 Å². The van der Waals surface area contributed by atoms with E-state index in [1.807, 2.05) is 12.1 Å². The van der Waals surface area contributed by atoms with E-state index in [-0.39, 0.29) is 0 Å². The van der Waals surface area contributed by atoms with Gasteiger partial charge in [0, 0.05) is 12.0 Å². The van der Waals surface area contributed by atoms with E-state index in [2.05, 4.69) is 13.8 Å². The lowest BCUT2D eigenvalue weighted by molar-refractivity contribution is 0.196. The van der Waals surface area contributed by atoms with Crippen LogP contribution in [0.15, 0.2) is 12.1 Å². The smallest absolute Gasteiger partial charge is 0.164 e. The first-order valence-electron chi connectivity index (χ1n) is 6.21. The van der Waals surface area contributed by atoms with Crippen LogP contribution in [0.4, 0.5) is 0 Å². The molecule has 0 saturated carbocycles. The molecule has 0 amide bonds. The van der Waals surface area contributed by atoms with E-state index < -0.39 is 6.10 Å². The third-order valence-corrected chi connectivity index (χ3v) is 3.01. The molecule has 0 spiro atoms. The van der Waals surface area contributed by atoms with Gasteiger partial charge in [-0.3, -0.25) is 0 Å². The number of hydrogen-bond acceptors (Lipinski definition) is 3. The molecule has 0 fully saturated rings. The summed E-state index contributed by atoms with van der Waals surface area (Å²) in [6, 6.07) is 3.84. The Morgan fingerprint density at radius 1 is 1.12 bits per heavy atom. The first-order chi connectivity index (χ1) is 8.11. The fourth-order valence-electron chi connectivity index (χ4n) is 2.23. The average molecular weight is 236 g/mol. The number of hydrogen-bond donors (Lipinski definition) is 1. The van der Waals surface area contributed by atoms with Gasteiger partial charge >= 0.3 is 0 Å². The average Bonchev–Trinajstić information content (AvgIpc) is 2.51. The van der Waals surface area contributed by atoms with Gasteiger partial charge < -0.3 is 14.6 Å². The van der Waals surface area contributed by atoms with Crippen LogP contribution in [0, 0.1) is 0 Å². The van der Waals surface area contributed by atoms with Gasteiger partial charge in [-0.2, -0.15) is 0 Å². The molecule has 0 saturated heterocycles. The monoisotopic (exact) mass is 236 g/mol. The summed E-state index contributed by atoms with van der Waals surface area (Å²) < 4.78 is 11.5. The fourth-order valence-corrected chi connectivity index (χ4v) is 2.23. The zero-order valence-corrected chi connectivity index (χ0v) is 10.7. The Hall–Kier alpha value is -1.22. The molecule has 3 heteroatoms. The Labute approximate surface area is 102 Å². The molecule has 94 valence electrons. The highest BCUT2D eigenvalue weighted by atomic mass is 16.5. The highest BCUT2D eigenvalue weighted by Crippen LogP contribution is 2.41. The zero-order valence-electron chi connectivity index (χ0n) is 10.7. The van der Waals surface area contributed by atoms with Crippen molar-refractivity contribution in [3.63, 3.8) is 0 Å². The van der Waals surface area contributed by atoms with Crippen molar-refractivity contribution in [2.45, 2.75) is 39.2 Å². The molecule has 1 atom stereocenters. The van der Waals surface area contributed by atoms with Crippen molar-refractivity contribution in [3.05, 3.63) is 23.3 Å². The van der Waals surface area contributed by atoms with Gasteiger partial charge in [-0.1, -0.05) is 19.9 Å². The van der Waals surface area contributed by atoms with Crippen LogP contribution in [0.2, 0.25) is 0 Å². The second-order valence-electron chi connectivity index (χ2n) is 4.78. The summed E-state index contributed by atoms with van der Waals surface area (Å²) >= 11 is 0. The van der Waals surface area contributed by atoms with Gasteiger partial charge in [-0.25, -0.2) is 0 Å². The molecule has 0 radical (unpaired) electrons. The molecule has 1 aromatic rings. The zero-order chi connectivity index (χ0) is 12.4. The van der Waals surface area contributed by atoms with Crippen molar-refractivity contribution in [1.82, 2.24) is 0 Å². The van der Waals surface area contributed by atoms with Gasteiger partial charge in [0.1, 0.15) is 0 Å². The predicted octanol–water partition coefficient (Wildman–Crippen LogP) is 3.02. The quantitative estimate of drug-likeness (QED) is 0.857. The number of rotatable bonds is 2. The fraction of sp³-hybridized carbons (Fsp3) is 0.571. The summed E-state index contributed by atoms with van der Waals surface area (Å²) in [4.78, 5) is 0. The van der Waals surface area contributed by atoms with Crippen molar-refractivity contribution in [2.24, 2.45) is 0 Å². The summed E-state index contributed by atoms with van der Waals surface area (Å²) in [5.41, 5.74) is 2.00. The molecule has 1 heterocycles. The van der Waals surface area contributed by atoms with Gasteiger partial charge in [-0.05, 0) is 24.5 Å². The molecule has 0 aromatic heterocycles. The highest BCUT2D eigenvalue weighted by Gasteiger charge is 2.22. The van der Waals surface area contributed by atoms with E-state index in [1.165, 1.54) is 0 Å². The second kappa shape index (κ2) is 4.96. The molecule has 17 heavy (non-hydrogen) atoms. The Morgan fingerprint density at radius 2 is 1.82 bits per heavy atom. The maximum Gasteiger partial charge on any atom is 0.164 e. The van der Waals surface area contributed by atoms with Gasteiger partial charge in [-0.15, -0.1) is 0 Å². The topological polar surface area (TPSA) is 38.7 Å². The first kappa shape index (κ1) is 12.2. The van der Waals surface area contributed by atoms with E-state index in [0.717, 1.165) is 29.0 Å². The minimum Gasteiger partial charge on any atom is -0.490 e. The molecule has 0 bridgehead atoms. The van der Waals surface area contributed by atoms with Gasteiger partial charge in [0.05, 0.1) is 19.3 Å². The maximum atomic E-state index is 9.83. The summed E-state index contributed by atoms with van der Waals surface area (Å²) in [5.74, 6) is 1.92. The van der Waals surface area contributed by atoms with E-state index in [4.69, 9.17) is 9.47 Å². The van der Waals surface area contributed by atoms with E-state index in [1.54, 1.807) is 6.92 Å². The second-order valence-corrected chi connectivity index (χ2v) is 4.78. The SMILES string of the molecule is CC(C)c1c(C(C)O)ccc2c1OCCCO2. The lowest BCUT2D eigenvalue weighted by Gasteiger charge is -2.20. The van der Waals surface area contributed by atoms with Crippen LogP contribution >= 0.6 is 0 Å². The van der Waals surface area contributed by atoms with Crippen molar-refractivity contribution in [2.75, 3.05) is 13.2 Å².